The standard InChI is InChI=1S/2C28H26N4O/c2*33-28(32-26-17-23(26)18-6-2-1-3-7-18)29-21-12-14-24-20(16-21)11-15-27(30-24)31-25-13-10-19-8-4-5-9-22(19)25/h2*1-9,11-12,14-16,23,25-26H,10,13,17H2,(H,30,31)(H2,29,32,33)/t2*23-,25-,26+/m11/s1. The van der Waals surface area contributed by atoms with Crippen LogP contribution in [-0.4, -0.2) is 34.1 Å². The summed E-state index contributed by atoms with van der Waals surface area (Å²) in [5.41, 5.74) is 11.5. The first kappa shape index (κ1) is 41.0. The average Bonchev–Trinajstić information content (AvgIpc) is 4.22. The lowest BCUT2D eigenvalue weighted by Crippen LogP contribution is -2.31. The molecule has 6 aromatic carbocycles. The molecule has 6 atom stereocenters. The number of aromatic nitrogens is 2. The van der Waals surface area contributed by atoms with Crippen LogP contribution in [0.4, 0.5) is 32.6 Å². The number of pyridine rings is 2. The second-order valence-electron chi connectivity index (χ2n) is 18.0. The molecule has 2 aromatic heterocycles. The van der Waals surface area contributed by atoms with Gasteiger partial charge in [0.15, 0.2) is 0 Å². The van der Waals surface area contributed by atoms with E-state index in [4.69, 9.17) is 9.97 Å². The second kappa shape index (κ2) is 18.0. The number of benzene rings is 6. The van der Waals surface area contributed by atoms with E-state index in [0.29, 0.717) is 23.9 Å². The van der Waals surface area contributed by atoms with Gasteiger partial charge in [-0.05, 0) is 133 Å². The molecule has 0 aliphatic heterocycles. The molecular weight excluding hydrogens is 817 g/mol. The number of aryl methyl sites for hydroxylation is 2. The first-order valence-electron chi connectivity index (χ1n) is 23.2. The van der Waals surface area contributed by atoms with E-state index in [1.165, 1.54) is 33.4 Å². The van der Waals surface area contributed by atoms with Gasteiger partial charge in [0, 0.05) is 46.1 Å². The van der Waals surface area contributed by atoms with Crippen molar-refractivity contribution in [3.63, 3.8) is 0 Å². The number of anilines is 4. The third-order valence-electron chi connectivity index (χ3n) is 13.5. The molecule has 2 fully saturated rings. The van der Waals surface area contributed by atoms with Crippen LogP contribution in [0.25, 0.3) is 21.8 Å². The Labute approximate surface area is 384 Å². The summed E-state index contributed by atoms with van der Waals surface area (Å²) in [4.78, 5) is 34.5. The fourth-order valence-electron chi connectivity index (χ4n) is 9.86. The van der Waals surface area contributed by atoms with Crippen LogP contribution in [0.1, 0.15) is 83.0 Å². The maximum Gasteiger partial charge on any atom is 0.319 e. The van der Waals surface area contributed by atoms with Crippen LogP contribution in [0.3, 0.4) is 0 Å². The number of carbonyl (C=O) groups excluding carboxylic acids is 2. The van der Waals surface area contributed by atoms with E-state index in [0.717, 1.165) is 83.3 Å². The van der Waals surface area contributed by atoms with Crippen LogP contribution < -0.4 is 31.9 Å². The van der Waals surface area contributed by atoms with E-state index in [1.807, 2.05) is 84.9 Å². The number of urea groups is 2. The average molecular weight is 869 g/mol. The van der Waals surface area contributed by atoms with Crippen LogP contribution in [0, 0.1) is 0 Å². The van der Waals surface area contributed by atoms with E-state index in [2.05, 4.69) is 117 Å². The minimum atomic E-state index is -0.163. The monoisotopic (exact) mass is 868 g/mol. The Kier molecular flexibility index (Phi) is 11.2. The van der Waals surface area contributed by atoms with Gasteiger partial charge in [-0.2, -0.15) is 0 Å². The normalized spacial score (nSPS) is 20.8. The highest BCUT2D eigenvalue weighted by molar-refractivity contribution is 5.94. The summed E-state index contributed by atoms with van der Waals surface area (Å²) >= 11 is 0. The smallest absolute Gasteiger partial charge is 0.319 e. The van der Waals surface area contributed by atoms with Gasteiger partial charge in [0.05, 0.1) is 23.1 Å². The largest absolute Gasteiger partial charge is 0.363 e. The number of nitrogens with one attached hydrogen (secondary N) is 6. The van der Waals surface area contributed by atoms with Crippen molar-refractivity contribution < 1.29 is 9.59 Å². The first-order valence-corrected chi connectivity index (χ1v) is 23.2. The van der Waals surface area contributed by atoms with Gasteiger partial charge in [0.1, 0.15) is 11.6 Å². The lowest BCUT2D eigenvalue weighted by atomic mass is 10.1. The zero-order valence-corrected chi connectivity index (χ0v) is 36.6. The molecule has 2 saturated carbocycles. The Bertz CT molecular complexity index is 2850. The van der Waals surface area contributed by atoms with E-state index in [9.17, 15) is 9.59 Å². The van der Waals surface area contributed by atoms with Crippen LogP contribution in [0.5, 0.6) is 0 Å². The van der Waals surface area contributed by atoms with Gasteiger partial charge in [-0.1, -0.05) is 109 Å². The number of carbonyl (C=O) groups is 2. The predicted octanol–water partition coefficient (Wildman–Crippen LogP) is 12.0. The van der Waals surface area contributed by atoms with E-state index in [1.54, 1.807) is 0 Å². The summed E-state index contributed by atoms with van der Waals surface area (Å²) in [6.07, 6.45) is 6.35. The van der Waals surface area contributed by atoms with E-state index in [-0.39, 0.29) is 24.1 Å². The Morgan fingerprint density at radius 3 is 1.33 bits per heavy atom. The summed E-state index contributed by atoms with van der Waals surface area (Å²) in [6.45, 7) is 0. The molecular formula is C56H52N8O2. The molecule has 0 radical (unpaired) electrons. The van der Waals surface area contributed by atoms with Gasteiger partial charge in [-0.3, -0.25) is 0 Å². The first-order chi connectivity index (χ1) is 32.5. The van der Waals surface area contributed by atoms with E-state index < -0.39 is 0 Å². The van der Waals surface area contributed by atoms with Crippen LogP contribution in [0.2, 0.25) is 0 Å². The lowest BCUT2D eigenvalue weighted by Gasteiger charge is -2.15. The predicted molar refractivity (Wildman–Crippen MR) is 265 cm³/mol. The third-order valence-corrected chi connectivity index (χ3v) is 13.5. The summed E-state index contributed by atoms with van der Waals surface area (Å²) in [7, 11) is 0. The molecule has 6 N–H and O–H groups in total. The van der Waals surface area contributed by atoms with Crippen molar-refractivity contribution in [2.24, 2.45) is 0 Å². The molecule has 10 nitrogen and oxygen atoms in total. The van der Waals surface area contributed by atoms with Crippen molar-refractivity contribution in [1.82, 2.24) is 20.6 Å². The Morgan fingerprint density at radius 1 is 0.455 bits per heavy atom. The van der Waals surface area contributed by atoms with Crippen molar-refractivity contribution in [1.29, 1.82) is 0 Å². The maximum atomic E-state index is 12.5. The van der Waals surface area contributed by atoms with Gasteiger partial charge in [-0.25, -0.2) is 19.6 Å². The number of rotatable bonds is 10. The molecule has 0 bridgehead atoms. The van der Waals surface area contributed by atoms with Crippen molar-refractivity contribution in [3.05, 3.63) is 203 Å². The van der Waals surface area contributed by atoms with Crippen LogP contribution in [-0.2, 0) is 12.8 Å². The van der Waals surface area contributed by atoms with Gasteiger partial charge < -0.3 is 31.9 Å². The van der Waals surface area contributed by atoms with Gasteiger partial charge >= 0.3 is 12.1 Å². The number of fused-ring (bicyclic) bond motifs is 4. The molecule has 2 heterocycles. The highest BCUT2D eigenvalue weighted by Crippen LogP contribution is 2.42. The zero-order valence-electron chi connectivity index (χ0n) is 36.6. The summed E-state index contributed by atoms with van der Waals surface area (Å²) in [5.74, 6) is 2.58. The molecule has 0 unspecified atom stereocenters. The molecule has 0 saturated heterocycles. The highest BCUT2D eigenvalue weighted by atomic mass is 16.2. The summed E-state index contributed by atoms with van der Waals surface area (Å²) in [5, 5.41) is 21.3. The highest BCUT2D eigenvalue weighted by Gasteiger charge is 2.40. The molecule has 4 amide bonds. The Morgan fingerprint density at radius 2 is 0.879 bits per heavy atom. The minimum absolute atomic E-state index is 0.163. The van der Waals surface area contributed by atoms with Crippen LogP contribution >= 0.6 is 0 Å². The maximum absolute atomic E-state index is 12.5. The Hall–Kier alpha value is -7.72. The molecule has 0 spiro atoms. The van der Waals surface area contributed by atoms with Gasteiger partial charge in [0.2, 0.25) is 0 Å². The van der Waals surface area contributed by atoms with Crippen LogP contribution in [0.15, 0.2) is 170 Å². The number of nitrogens with zero attached hydrogens (tertiary/aromatic N) is 2. The fourth-order valence-corrected chi connectivity index (χ4v) is 9.86. The number of hydrogen-bond acceptors (Lipinski definition) is 6. The Balaban J connectivity index is 0.000000146. The minimum Gasteiger partial charge on any atom is -0.363 e. The number of hydrogen-bond donors (Lipinski definition) is 6. The van der Waals surface area contributed by atoms with Crippen molar-refractivity contribution in [3.8, 4) is 0 Å². The zero-order chi connectivity index (χ0) is 44.4. The number of amides is 4. The molecule has 328 valence electrons. The third kappa shape index (κ3) is 9.26. The summed E-state index contributed by atoms with van der Waals surface area (Å²) in [6, 6.07) is 58.4. The lowest BCUT2D eigenvalue weighted by molar-refractivity contribution is 0.250. The SMILES string of the molecule is O=C(Nc1ccc2nc(N[C@@H]3CCc4ccccc43)ccc2c1)N[C@H]1C[C@@H]1c1ccccc1.O=C(Nc1ccc2nc(N[C@@H]3CCc4ccccc43)ccc2c1)N[C@H]1C[C@@H]1c1ccccc1. The van der Waals surface area contributed by atoms with Crippen molar-refractivity contribution in [2.75, 3.05) is 21.3 Å². The second-order valence-corrected chi connectivity index (χ2v) is 18.0. The van der Waals surface area contributed by atoms with E-state index >= 15 is 0 Å². The fraction of sp³-hybridized carbons (Fsp3) is 0.214. The molecule has 66 heavy (non-hydrogen) atoms. The molecule has 10 heteroatoms. The van der Waals surface area contributed by atoms with Crippen molar-refractivity contribution in [2.45, 2.75) is 74.5 Å². The van der Waals surface area contributed by atoms with Crippen molar-refractivity contribution >= 4 is 56.9 Å². The molecule has 4 aliphatic carbocycles. The molecule has 8 aromatic rings. The van der Waals surface area contributed by atoms with Gasteiger partial charge in [0.25, 0.3) is 0 Å². The molecule has 12 rings (SSSR count). The summed E-state index contributed by atoms with van der Waals surface area (Å²) < 4.78 is 0. The topological polar surface area (TPSA) is 132 Å². The quantitative estimate of drug-likeness (QED) is 0.0811. The van der Waals surface area contributed by atoms with Gasteiger partial charge in [-0.15, -0.1) is 0 Å². The molecule has 4 aliphatic rings.